The minimum absolute atomic E-state index is 0. The molecule has 0 aromatic heterocycles. The number of benzene rings is 1. The largest absolute Gasteiger partial charge is 0.370 e. The number of nitrogens with two attached hydrogens (primary N) is 1. The van der Waals surface area contributed by atoms with Crippen molar-refractivity contribution in [3.63, 3.8) is 0 Å². The van der Waals surface area contributed by atoms with E-state index in [0.29, 0.717) is 18.5 Å². The summed E-state index contributed by atoms with van der Waals surface area (Å²) < 4.78 is 12.8. The van der Waals surface area contributed by atoms with Crippen LogP contribution in [0.1, 0.15) is 18.4 Å². The lowest BCUT2D eigenvalue weighted by atomic mass is 10.2. The average Bonchev–Trinajstić information content (AvgIpc) is 2.99. The summed E-state index contributed by atoms with van der Waals surface area (Å²) in [4.78, 5) is 4.13. The summed E-state index contributed by atoms with van der Waals surface area (Å²) in [6, 6.07) is 6.88. The van der Waals surface area contributed by atoms with Gasteiger partial charge in [0.1, 0.15) is 5.82 Å². The molecule has 1 fully saturated rings. The molecule has 1 saturated carbocycles. The fraction of sp³-hybridized carbons (Fsp3) is 0.364. The number of nitrogens with one attached hydrogen (secondary N) is 1. The fourth-order valence-corrected chi connectivity index (χ4v) is 1.29. The van der Waals surface area contributed by atoms with Crippen LogP contribution in [0.4, 0.5) is 4.39 Å². The Labute approximate surface area is 111 Å². The summed E-state index contributed by atoms with van der Waals surface area (Å²) in [5, 5.41) is 3.07. The van der Waals surface area contributed by atoms with E-state index in [0.717, 1.165) is 18.4 Å². The van der Waals surface area contributed by atoms with Crippen LogP contribution >= 0.6 is 24.0 Å². The van der Waals surface area contributed by atoms with Crippen molar-refractivity contribution in [3.8, 4) is 0 Å². The normalized spacial score (nSPS) is 15.4. The predicted octanol–water partition coefficient (Wildman–Crippen LogP) is 2.01. The van der Waals surface area contributed by atoms with E-state index in [-0.39, 0.29) is 29.8 Å². The van der Waals surface area contributed by atoms with E-state index in [9.17, 15) is 4.39 Å². The molecule has 0 aliphatic heterocycles. The number of hydrogen-bond acceptors (Lipinski definition) is 1. The standard InChI is InChI=1S/C11H14FN3.HI/c12-9-3-1-2-8(6-9)7-14-11(13)15-10-4-5-10;/h1-3,6,10H,4-5,7H2,(H3,13,14,15);1H. The van der Waals surface area contributed by atoms with Crippen LogP contribution in [0.3, 0.4) is 0 Å². The topological polar surface area (TPSA) is 50.4 Å². The molecule has 0 unspecified atom stereocenters. The van der Waals surface area contributed by atoms with Crippen molar-refractivity contribution < 1.29 is 4.39 Å². The lowest BCUT2D eigenvalue weighted by molar-refractivity contribution is 0.625. The molecule has 3 N–H and O–H groups in total. The van der Waals surface area contributed by atoms with E-state index in [2.05, 4.69) is 10.3 Å². The molecule has 0 saturated heterocycles. The molecule has 0 radical (unpaired) electrons. The maximum atomic E-state index is 12.8. The van der Waals surface area contributed by atoms with Gasteiger partial charge in [0.2, 0.25) is 0 Å². The van der Waals surface area contributed by atoms with Crippen molar-refractivity contribution in [3.05, 3.63) is 35.6 Å². The molecule has 1 aromatic carbocycles. The number of halogens is 2. The van der Waals surface area contributed by atoms with Crippen molar-refractivity contribution in [2.75, 3.05) is 0 Å². The van der Waals surface area contributed by atoms with E-state index in [1.54, 1.807) is 6.07 Å². The van der Waals surface area contributed by atoms with Gasteiger partial charge in [-0.2, -0.15) is 0 Å². The molecule has 0 heterocycles. The third-order valence-corrected chi connectivity index (χ3v) is 2.25. The van der Waals surface area contributed by atoms with Crippen LogP contribution in [-0.4, -0.2) is 12.0 Å². The molecule has 0 amide bonds. The Morgan fingerprint density at radius 1 is 1.50 bits per heavy atom. The molecule has 0 spiro atoms. The zero-order valence-electron chi connectivity index (χ0n) is 8.82. The summed E-state index contributed by atoms with van der Waals surface area (Å²) in [7, 11) is 0. The number of guanidine groups is 1. The first-order valence-corrected chi connectivity index (χ1v) is 5.05. The summed E-state index contributed by atoms with van der Waals surface area (Å²) in [6.45, 7) is 0.420. The lowest BCUT2D eigenvalue weighted by Gasteiger charge is -2.03. The van der Waals surface area contributed by atoms with Gasteiger partial charge in [0, 0.05) is 6.04 Å². The second-order valence-corrected chi connectivity index (χ2v) is 3.75. The highest BCUT2D eigenvalue weighted by Crippen LogP contribution is 2.18. The van der Waals surface area contributed by atoms with E-state index in [4.69, 9.17) is 5.73 Å². The molecule has 1 aliphatic rings. The van der Waals surface area contributed by atoms with Gasteiger partial charge in [0.15, 0.2) is 5.96 Å². The van der Waals surface area contributed by atoms with Gasteiger partial charge >= 0.3 is 0 Å². The zero-order valence-corrected chi connectivity index (χ0v) is 11.1. The van der Waals surface area contributed by atoms with Crippen molar-refractivity contribution in [2.45, 2.75) is 25.4 Å². The lowest BCUT2D eigenvalue weighted by Crippen LogP contribution is -2.33. The molecule has 1 aromatic rings. The number of aliphatic imine (C=N–C) groups is 1. The van der Waals surface area contributed by atoms with Crippen LogP contribution in [0.2, 0.25) is 0 Å². The first-order valence-electron chi connectivity index (χ1n) is 5.05. The SMILES string of the molecule is I.NC(=NCc1cccc(F)c1)NC1CC1. The van der Waals surface area contributed by atoms with Gasteiger partial charge in [-0.3, -0.25) is 0 Å². The molecular formula is C11H15FIN3. The van der Waals surface area contributed by atoms with Gasteiger partial charge < -0.3 is 11.1 Å². The number of nitrogens with zero attached hydrogens (tertiary/aromatic N) is 1. The third kappa shape index (κ3) is 4.34. The molecule has 16 heavy (non-hydrogen) atoms. The van der Waals surface area contributed by atoms with Crippen LogP contribution in [0.5, 0.6) is 0 Å². The Hall–Kier alpha value is -0.850. The van der Waals surface area contributed by atoms with E-state index in [1.165, 1.54) is 12.1 Å². The highest BCUT2D eigenvalue weighted by atomic mass is 127. The van der Waals surface area contributed by atoms with Crippen molar-refractivity contribution in [1.29, 1.82) is 0 Å². The van der Waals surface area contributed by atoms with E-state index >= 15 is 0 Å². The summed E-state index contributed by atoms with van der Waals surface area (Å²) in [5.74, 6) is 0.207. The first kappa shape index (κ1) is 13.2. The molecule has 0 bridgehead atoms. The molecule has 2 rings (SSSR count). The third-order valence-electron chi connectivity index (χ3n) is 2.25. The van der Waals surface area contributed by atoms with E-state index < -0.39 is 0 Å². The van der Waals surface area contributed by atoms with Gasteiger partial charge in [0.05, 0.1) is 6.54 Å². The van der Waals surface area contributed by atoms with Crippen molar-refractivity contribution in [2.24, 2.45) is 10.7 Å². The van der Waals surface area contributed by atoms with Crippen LogP contribution in [0, 0.1) is 5.82 Å². The molecule has 3 nitrogen and oxygen atoms in total. The molecule has 0 atom stereocenters. The molecule has 5 heteroatoms. The zero-order chi connectivity index (χ0) is 10.7. The van der Waals surface area contributed by atoms with Crippen LogP contribution in [0.25, 0.3) is 0 Å². The highest BCUT2D eigenvalue weighted by molar-refractivity contribution is 14.0. The van der Waals surface area contributed by atoms with Crippen molar-refractivity contribution in [1.82, 2.24) is 5.32 Å². The maximum absolute atomic E-state index is 12.8. The minimum atomic E-state index is -0.239. The number of hydrogen-bond donors (Lipinski definition) is 2. The minimum Gasteiger partial charge on any atom is -0.370 e. The van der Waals surface area contributed by atoms with Gasteiger partial charge in [-0.25, -0.2) is 9.38 Å². The Bertz CT molecular complexity index is 377. The smallest absolute Gasteiger partial charge is 0.189 e. The second-order valence-electron chi connectivity index (χ2n) is 3.75. The van der Waals surface area contributed by atoms with Gasteiger partial charge in [-0.1, -0.05) is 12.1 Å². The van der Waals surface area contributed by atoms with Gasteiger partial charge in [-0.15, -0.1) is 24.0 Å². The van der Waals surface area contributed by atoms with Gasteiger partial charge in [-0.05, 0) is 30.5 Å². The van der Waals surface area contributed by atoms with Crippen LogP contribution in [-0.2, 0) is 6.54 Å². The quantitative estimate of drug-likeness (QED) is 0.504. The Morgan fingerprint density at radius 2 is 2.25 bits per heavy atom. The molecular weight excluding hydrogens is 320 g/mol. The Kier molecular flexibility index (Phi) is 4.98. The molecule has 1 aliphatic carbocycles. The first-order chi connectivity index (χ1) is 7.24. The Morgan fingerprint density at radius 3 is 2.88 bits per heavy atom. The highest BCUT2D eigenvalue weighted by Gasteiger charge is 2.21. The predicted molar refractivity (Wildman–Crippen MR) is 73.3 cm³/mol. The maximum Gasteiger partial charge on any atom is 0.189 e. The fourth-order valence-electron chi connectivity index (χ4n) is 1.29. The van der Waals surface area contributed by atoms with Crippen LogP contribution < -0.4 is 11.1 Å². The summed E-state index contributed by atoms with van der Waals surface area (Å²) in [5.41, 5.74) is 6.47. The Balaban J connectivity index is 0.00000128. The molecule has 88 valence electrons. The van der Waals surface area contributed by atoms with Crippen LogP contribution in [0.15, 0.2) is 29.3 Å². The second kappa shape index (κ2) is 6.03. The average molecular weight is 335 g/mol. The van der Waals surface area contributed by atoms with Crippen molar-refractivity contribution >= 4 is 29.9 Å². The van der Waals surface area contributed by atoms with E-state index in [1.807, 2.05) is 6.07 Å². The van der Waals surface area contributed by atoms with Gasteiger partial charge in [0.25, 0.3) is 0 Å². The monoisotopic (exact) mass is 335 g/mol. The number of rotatable bonds is 3. The summed E-state index contributed by atoms with van der Waals surface area (Å²) >= 11 is 0. The summed E-state index contributed by atoms with van der Waals surface area (Å²) in [6.07, 6.45) is 2.33.